The summed E-state index contributed by atoms with van der Waals surface area (Å²) < 4.78 is 11.3. The number of carboxylic acids is 1. The van der Waals surface area contributed by atoms with E-state index in [4.69, 9.17) is 49.4 Å². The van der Waals surface area contributed by atoms with Crippen molar-refractivity contribution in [3.63, 3.8) is 0 Å². The van der Waals surface area contributed by atoms with Crippen LogP contribution in [-0.4, -0.2) is 18.2 Å². The topological polar surface area (TPSA) is 67.8 Å². The number of carboxylic acid groups (broad SMARTS) is 1. The van der Waals surface area contributed by atoms with Gasteiger partial charge < -0.3 is 19.9 Å². The number of methoxy groups -OCH3 is 1. The summed E-state index contributed by atoms with van der Waals surface area (Å²) >= 11 is 18.8. The van der Waals surface area contributed by atoms with E-state index >= 15 is 0 Å². The summed E-state index contributed by atoms with van der Waals surface area (Å²) in [5.41, 5.74) is 2.74. The Bertz CT molecular complexity index is 1050. The van der Waals surface area contributed by atoms with Gasteiger partial charge in [0.15, 0.2) is 11.5 Å². The minimum atomic E-state index is -0.947. The third-order valence-electron chi connectivity index (χ3n) is 4.61. The molecule has 0 unspecified atom stereocenters. The van der Waals surface area contributed by atoms with Gasteiger partial charge >= 0.3 is 5.97 Å². The highest BCUT2D eigenvalue weighted by Crippen LogP contribution is 2.35. The first kappa shape index (κ1) is 23.2. The molecule has 162 valence electrons. The van der Waals surface area contributed by atoms with E-state index in [1.165, 1.54) is 0 Å². The molecule has 8 heteroatoms. The van der Waals surface area contributed by atoms with Crippen molar-refractivity contribution in [2.24, 2.45) is 0 Å². The molecule has 0 aromatic heterocycles. The Kier molecular flexibility index (Phi) is 8.04. The van der Waals surface area contributed by atoms with E-state index in [9.17, 15) is 4.79 Å². The maximum absolute atomic E-state index is 10.9. The molecule has 0 radical (unpaired) electrons. The number of nitrogens with one attached hydrogen (secondary N) is 1. The van der Waals surface area contributed by atoms with Gasteiger partial charge in [0, 0.05) is 39.8 Å². The zero-order valence-corrected chi connectivity index (χ0v) is 18.9. The lowest BCUT2D eigenvalue weighted by Crippen LogP contribution is -2.13. The van der Waals surface area contributed by atoms with Crippen molar-refractivity contribution < 1.29 is 19.4 Å². The lowest BCUT2D eigenvalue weighted by atomic mass is 10.1. The van der Waals surface area contributed by atoms with Gasteiger partial charge in [-0.3, -0.25) is 0 Å². The molecule has 3 aromatic carbocycles. The van der Waals surface area contributed by atoms with Crippen molar-refractivity contribution in [1.82, 2.24) is 5.32 Å². The van der Waals surface area contributed by atoms with Gasteiger partial charge in [0.25, 0.3) is 0 Å². The standard InChI is InChI=1S/C23H20Cl3NO4/c1-30-21-9-16(12-27-11-14-5-7-15(8-6-14)23(28)29)20(26)10-22(21)31-13-17-18(24)3-2-4-19(17)25/h2-10,27H,11-13H2,1H3,(H,28,29). The van der Waals surface area contributed by atoms with Crippen LogP contribution < -0.4 is 14.8 Å². The summed E-state index contributed by atoms with van der Waals surface area (Å²) in [6.45, 7) is 1.23. The molecule has 0 aliphatic heterocycles. The van der Waals surface area contributed by atoms with Gasteiger partial charge in [-0.1, -0.05) is 53.0 Å². The Labute approximate surface area is 195 Å². The van der Waals surface area contributed by atoms with Crippen molar-refractivity contribution in [3.8, 4) is 11.5 Å². The molecular weight excluding hydrogens is 461 g/mol. The highest BCUT2D eigenvalue weighted by atomic mass is 35.5. The molecule has 0 aliphatic rings. The van der Waals surface area contributed by atoms with Crippen molar-refractivity contribution in [2.45, 2.75) is 19.7 Å². The van der Waals surface area contributed by atoms with Crippen LogP contribution in [0.5, 0.6) is 11.5 Å². The highest BCUT2D eigenvalue weighted by molar-refractivity contribution is 6.36. The number of aromatic carboxylic acids is 1. The van der Waals surface area contributed by atoms with Crippen LogP contribution in [0.1, 0.15) is 27.0 Å². The van der Waals surface area contributed by atoms with Gasteiger partial charge in [-0.2, -0.15) is 0 Å². The number of hydrogen-bond donors (Lipinski definition) is 2. The lowest BCUT2D eigenvalue weighted by Gasteiger charge is -2.15. The Balaban J connectivity index is 1.65. The Morgan fingerprint density at radius 2 is 1.61 bits per heavy atom. The number of halogens is 3. The first-order chi connectivity index (χ1) is 14.9. The number of rotatable bonds is 9. The van der Waals surface area contributed by atoms with E-state index < -0.39 is 5.97 Å². The fourth-order valence-electron chi connectivity index (χ4n) is 2.91. The van der Waals surface area contributed by atoms with Crippen molar-refractivity contribution in [1.29, 1.82) is 0 Å². The Hall–Kier alpha value is -2.44. The molecule has 0 aliphatic carbocycles. The van der Waals surface area contributed by atoms with E-state index in [0.717, 1.165) is 11.1 Å². The fourth-order valence-corrected chi connectivity index (χ4v) is 3.64. The number of ether oxygens (including phenoxy) is 2. The largest absolute Gasteiger partial charge is 0.493 e. The molecule has 31 heavy (non-hydrogen) atoms. The minimum Gasteiger partial charge on any atom is -0.493 e. The quantitative estimate of drug-likeness (QED) is 0.380. The van der Waals surface area contributed by atoms with Gasteiger partial charge in [0.05, 0.1) is 12.7 Å². The summed E-state index contributed by atoms with van der Waals surface area (Å²) in [4.78, 5) is 10.9. The third-order valence-corrected chi connectivity index (χ3v) is 5.67. The third kappa shape index (κ3) is 6.05. The number of carbonyl (C=O) groups is 1. The van der Waals surface area contributed by atoms with Crippen LogP contribution in [0.4, 0.5) is 0 Å². The monoisotopic (exact) mass is 479 g/mol. The first-order valence-corrected chi connectivity index (χ1v) is 10.5. The molecule has 0 atom stereocenters. The highest BCUT2D eigenvalue weighted by Gasteiger charge is 2.13. The Morgan fingerprint density at radius 1 is 0.935 bits per heavy atom. The molecule has 3 rings (SSSR count). The van der Waals surface area contributed by atoms with Crippen LogP contribution in [0.15, 0.2) is 54.6 Å². The zero-order valence-electron chi connectivity index (χ0n) is 16.6. The lowest BCUT2D eigenvalue weighted by molar-refractivity contribution is 0.0697. The molecular formula is C23H20Cl3NO4. The fraction of sp³-hybridized carbons (Fsp3) is 0.174. The smallest absolute Gasteiger partial charge is 0.335 e. The van der Waals surface area contributed by atoms with Gasteiger partial charge in [-0.25, -0.2) is 4.79 Å². The van der Waals surface area contributed by atoms with E-state index in [0.29, 0.717) is 45.2 Å². The number of benzene rings is 3. The van der Waals surface area contributed by atoms with Gasteiger partial charge in [0.1, 0.15) is 6.61 Å². The van der Waals surface area contributed by atoms with Crippen molar-refractivity contribution in [3.05, 3.63) is 91.9 Å². The second-order valence-electron chi connectivity index (χ2n) is 6.69. The summed E-state index contributed by atoms with van der Waals surface area (Å²) in [7, 11) is 1.56. The van der Waals surface area contributed by atoms with Crippen LogP contribution in [0.2, 0.25) is 15.1 Å². The van der Waals surface area contributed by atoms with Crippen LogP contribution in [0.3, 0.4) is 0 Å². The first-order valence-electron chi connectivity index (χ1n) is 9.34. The van der Waals surface area contributed by atoms with Gasteiger partial charge in [0.2, 0.25) is 0 Å². The van der Waals surface area contributed by atoms with Gasteiger partial charge in [-0.05, 0) is 41.5 Å². The van der Waals surface area contributed by atoms with E-state index in [1.54, 1.807) is 55.6 Å². The summed E-state index contributed by atoms with van der Waals surface area (Å²) in [5.74, 6) is 0.0733. The van der Waals surface area contributed by atoms with Crippen LogP contribution >= 0.6 is 34.8 Å². The average molecular weight is 481 g/mol. The molecule has 5 nitrogen and oxygen atoms in total. The predicted octanol–water partition coefficient (Wildman–Crippen LogP) is 6.22. The van der Waals surface area contributed by atoms with Crippen LogP contribution in [-0.2, 0) is 19.7 Å². The molecule has 2 N–H and O–H groups in total. The molecule has 0 fully saturated rings. The van der Waals surface area contributed by atoms with Crippen molar-refractivity contribution in [2.75, 3.05) is 7.11 Å². The molecule has 3 aromatic rings. The van der Waals surface area contributed by atoms with E-state index in [1.807, 2.05) is 6.07 Å². The predicted molar refractivity (Wildman–Crippen MR) is 123 cm³/mol. The normalized spacial score (nSPS) is 10.7. The van der Waals surface area contributed by atoms with E-state index in [2.05, 4.69) is 5.32 Å². The maximum Gasteiger partial charge on any atom is 0.335 e. The van der Waals surface area contributed by atoms with E-state index in [-0.39, 0.29) is 12.2 Å². The van der Waals surface area contributed by atoms with Crippen molar-refractivity contribution >= 4 is 40.8 Å². The molecule has 0 bridgehead atoms. The minimum absolute atomic E-state index is 0.176. The summed E-state index contributed by atoms with van der Waals surface area (Å²) in [5, 5.41) is 13.8. The molecule has 0 saturated carbocycles. The molecule has 0 heterocycles. The molecule has 0 spiro atoms. The second kappa shape index (κ2) is 10.7. The Morgan fingerprint density at radius 3 is 2.23 bits per heavy atom. The summed E-state index contributed by atoms with van der Waals surface area (Å²) in [6.07, 6.45) is 0. The molecule has 0 saturated heterocycles. The van der Waals surface area contributed by atoms with Crippen LogP contribution in [0, 0.1) is 0 Å². The van der Waals surface area contributed by atoms with Crippen LogP contribution in [0.25, 0.3) is 0 Å². The maximum atomic E-state index is 10.9. The number of hydrogen-bond acceptors (Lipinski definition) is 4. The zero-order chi connectivity index (χ0) is 22.4. The summed E-state index contributed by atoms with van der Waals surface area (Å²) in [6, 6.07) is 15.5. The SMILES string of the molecule is COc1cc(CNCc2ccc(C(=O)O)cc2)c(Cl)cc1OCc1c(Cl)cccc1Cl. The second-order valence-corrected chi connectivity index (χ2v) is 7.91. The average Bonchev–Trinajstić information content (AvgIpc) is 2.75. The van der Waals surface area contributed by atoms with Gasteiger partial charge in [-0.15, -0.1) is 0 Å². The molecule has 0 amide bonds.